The number of nitrogens with one attached hydrogen (secondary N) is 2. The summed E-state index contributed by atoms with van der Waals surface area (Å²) in [6, 6.07) is 26.6. The first-order valence-corrected chi connectivity index (χ1v) is 15.7. The molecule has 2 heterocycles. The molecule has 6 rings (SSSR count). The molecule has 1 fully saturated rings. The third kappa shape index (κ3) is 5.82. The number of sulfone groups is 1. The van der Waals surface area contributed by atoms with Gasteiger partial charge in [0.15, 0.2) is 9.84 Å². The van der Waals surface area contributed by atoms with Crippen molar-refractivity contribution in [2.24, 2.45) is 0 Å². The summed E-state index contributed by atoms with van der Waals surface area (Å²) in [6.07, 6.45) is 4.50. The molecule has 214 valence electrons. The molecule has 11 heteroatoms. The Kier molecular flexibility index (Phi) is 7.11. The second-order valence-electron chi connectivity index (χ2n) is 10.7. The van der Waals surface area contributed by atoms with Crippen LogP contribution in [-0.2, 0) is 32.5 Å². The van der Waals surface area contributed by atoms with E-state index >= 15 is 0 Å². The number of hydrogen-bond donors (Lipinski definition) is 2. The van der Waals surface area contributed by atoms with Crippen molar-refractivity contribution in [1.82, 2.24) is 19.5 Å². The molecule has 0 unspecified atom stereocenters. The normalized spacial score (nSPS) is 14.0. The SMILES string of the molecule is CN(Cn1c(NC(=O)C2(c3ccccc3)CC2)nc2ccccc21)c1ccnc(Nc2ccc(CS(C)(=O)=O)cc2)n1. The highest BCUT2D eigenvalue weighted by Gasteiger charge is 2.51. The van der Waals surface area contributed by atoms with E-state index in [1.807, 2.05) is 77.2 Å². The van der Waals surface area contributed by atoms with Gasteiger partial charge in [-0.05, 0) is 54.3 Å². The van der Waals surface area contributed by atoms with E-state index in [4.69, 9.17) is 4.98 Å². The lowest BCUT2D eigenvalue weighted by atomic mass is 9.95. The van der Waals surface area contributed by atoms with Gasteiger partial charge in [0.05, 0.1) is 28.9 Å². The molecule has 0 atom stereocenters. The van der Waals surface area contributed by atoms with Crippen LogP contribution in [0, 0.1) is 0 Å². The lowest BCUT2D eigenvalue weighted by Gasteiger charge is -2.22. The summed E-state index contributed by atoms with van der Waals surface area (Å²) in [5, 5.41) is 6.30. The summed E-state index contributed by atoms with van der Waals surface area (Å²) in [5.41, 5.74) is 3.63. The summed E-state index contributed by atoms with van der Waals surface area (Å²) >= 11 is 0. The molecule has 2 aromatic heterocycles. The Bertz CT molecular complexity index is 1850. The standard InChI is InChI=1S/C31H31N7O3S/c1-37(27-16-19-32-29(35-27)33-24-14-12-22(13-15-24)20-42(2,40)41)21-38-26-11-7-6-10-25(26)34-30(38)36-28(39)31(17-18-31)23-8-4-3-5-9-23/h3-16,19H,17-18,20-21H2,1-2H3,(H,32,33,35)(H,34,36,39). The Morgan fingerprint density at radius 1 is 0.952 bits per heavy atom. The monoisotopic (exact) mass is 581 g/mol. The number of amides is 1. The van der Waals surface area contributed by atoms with Crippen molar-refractivity contribution in [3.8, 4) is 0 Å². The van der Waals surface area contributed by atoms with Crippen LogP contribution in [0.5, 0.6) is 0 Å². The van der Waals surface area contributed by atoms with Crippen molar-refractivity contribution in [3.63, 3.8) is 0 Å². The molecule has 0 spiro atoms. The Morgan fingerprint density at radius 3 is 2.38 bits per heavy atom. The molecule has 10 nitrogen and oxygen atoms in total. The maximum atomic E-state index is 13.6. The predicted molar refractivity (Wildman–Crippen MR) is 164 cm³/mol. The molecule has 0 saturated heterocycles. The lowest BCUT2D eigenvalue weighted by Crippen LogP contribution is -2.30. The highest BCUT2D eigenvalue weighted by atomic mass is 32.2. The van der Waals surface area contributed by atoms with Gasteiger partial charge in [-0.15, -0.1) is 0 Å². The molecule has 1 amide bonds. The molecule has 0 aliphatic heterocycles. The molecule has 3 aromatic carbocycles. The maximum absolute atomic E-state index is 13.6. The van der Waals surface area contributed by atoms with Gasteiger partial charge in [0.1, 0.15) is 5.82 Å². The molecular weight excluding hydrogens is 550 g/mol. The van der Waals surface area contributed by atoms with Crippen LogP contribution >= 0.6 is 0 Å². The smallest absolute Gasteiger partial charge is 0.237 e. The fourth-order valence-corrected chi connectivity index (χ4v) is 5.88. The number of hydrogen-bond acceptors (Lipinski definition) is 8. The van der Waals surface area contributed by atoms with E-state index in [1.165, 1.54) is 6.26 Å². The summed E-state index contributed by atoms with van der Waals surface area (Å²) in [5.74, 6) is 1.49. The van der Waals surface area contributed by atoms with Crippen LogP contribution in [0.1, 0.15) is 24.0 Å². The highest BCUT2D eigenvalue weighted by Crippen LogP contribution is 2.49. The average molecular weight is 582 g/mol. The molecule has 1 aliphatic rings. The fraction of sp³-hybridized carbons (Fsp3) is 0.226. The summed E-state index contributed by atoms with van der Waals surface area (Å²) < 4.78 is 25.1. The largest absolute Gasteiger partial charge is 0.341 e. The molecule has 5 aromatic rings. The van der Waals surface area contributed by atoms with Crippen molar-refractivity contribution < 1.29 is 13.2 Å². The zero-order valence-corrected chi connectivity index (χ0v) is 24.2. The minimum atomic E-state index is -3.11. The number of anilines is 4. The van der Waals surface area contributed by atoms with Gasteiger partial charge >= 0.3 is 0 Å². The maximum Gasteiger partial charge on any atom is 0.237 e. The van der Waals surface area contributed by atoms with Gasteiger partial charge in [0.25, 0.3) is 0 Å². The Balaban J connectivity index is 1.21. The van der Waals surface area contributed by atoms with Gasteiger partial charge < -0.3 is 10.2 Å². The summed E-state index contributed by atoms with van der Waals surface area (Å²) in [7, 11) is -1.19. The van der Waals surface area contributed by atoms with Gasteiger partial charge in [-0.3, -0.25) is 14.7 Å². The van der Waals surface area contributed by atoms with E-state index in [1.54, 1.807) is 30.5 Å². The minimum Gasteiger partial charge on any atom is -0.341 e. The second kappa shape index (κ2) is 10.9. The molecule has 1 saturated carbocycles. The van der Waals surface area contributed by atoms with Crippen LogP contribution < -0.4 is 15.5 Å². The topological polar surface area (TPSA) is 122 Å². The first-order chi connectivity index (χ1) is 20.2. The Hall–Kier alpha value is -4.77. The molecular formula is C31H31N7O3S. The van der Waals surface area contributed by atoms with E-state index in [0.29, 0.717) is 29.9 Å². The molecule has 0 bridgehead atoms. The van der Waals surface area contributed by atoms with Gasteiger partial charge in [-0.1, -0.05) is 54.6 Å². The van der Waals surface area contributed by atoms with Crippen LogP contribution in [-0.4, -0.2) is 47.1 Å². The molecule has 2 N–H and O–H groups in total. The van der Waals surface area contributed by atoms with E-state index in [0.717, 1.165) is 35.1 Å². The Morgan fingerprint density at radius 2 is 1.67 bits per heavy atom. The van der Waals surface area contributed by atoms with Crippen LogP contribution in [0.4, 0.5) is 23.4 Å². The number of rotatable bonds is 10. The fourth-order valence-electron chi connectivity index (χ4n) is 5.09. The zero-order valence-electron chi connectivity index (χ0n) is 23.4. The van der Waals surface area contributed by atoms with Crippen molar-refractivity contribution in [2.75, 3.05) is 28.8 Å². The van der Waals surface area contributed by atoms with Gasteiger partial charge in [-0.2, -0.15) is 4.98 Å². The third-order valence-electron chi connectivity index (χ3n) is 7.42. The first kappa shape index (κ1) is 27.4. The number of fused-ring (bicyclic) bond motifs is 1. The molecule has 0 radical (unpaired) electrons. The van der Waals surface area contributed by atoms with Crippen LogP contribution in [0.2, 0.25) is 0 Å². The number of para-hydroxylation sites is 2. The van der Waals surface area contributed by atoms with Crippen molar-refractivity contribution in [3.05, 3.63) is 102 Å². The van der Waals surface area contributed by atoms with Gasteiger partial charge in [-0.25, -0.2) is 18.4 Å². The minimum absolute atomic E-state index is 0.0112. The quantitative estimate of drug-likeness (QED) is 0.239. The summed E-state index contributed by atoms with van der Waals surface area (Å²) in [6.45, 7) is 0.380. The summed E-state index contributed by atoms with van der Waals surface area (Å²) in [4.78, 5) is 29.3. The van der Waals surface area contributed by atoms with Crippen LogP contribution in [0.25, 0.3) is 11.0 Å². The van der Waals surface area contributed by atoms with Crippen molar-refractivity contribution in [1.29, 1.82) is 0 Å². The van der Waals surface area contributed by atoms with E-state index < -0.39 is 15.3 Å². The second-order valence-corrected chi connectivity index (χ2v) is 12.9. The number of benzene rings is 3. The molecule has 42 heavy (non-hydrogen) atoms. The number of aromatic nitrogens is 4. The van der Waals surface area contributed by atoms with E-state index in [2.05, 4.69) is 20.6 Å². The lowest BCUT2D eigenvalue weighted by molar-refractivity contribution is -0.118. The van der Waals surface area contributed by atoms with E-state index in [-0.39, 0.29) is 11.7 Å². The molecule has 1 aliphatic carbocycles. The van der Waals surface area contributed by atoms with Gasteiger partial charge in [0, 0.05) is 25.2 Å². The van der Waals surface area contributed by atoms with Crippen molar-refractivity contribution >= 4 is 50.2 Å². The predicted octanol–water partition coefficient (Wildman–Crippen LogP) is 4.88. The number of imidazole rings is 1. The van der Waals surface area contributed by atoms with E-state index in [9.17, 15) is 13.2 Å². The highest BCUT2D eigenvalue weighted by molar-refractivity contribution is 7.89. The number of carbonyl (C=O) groups is 1. The van der Waals surface area contributed by atoms with Crippen LogP contribution in [0.3, 0.4) is 0 Å². The zero-order chi connectivity index (χ0) is 29.3. The van der Waals surface area contributed by atoms with Crippen molar-refractivity contribution in [2.45, 2.75) is 30.7 Å². The van der Waals surface area contributed by atoms with Gasteiger partial charge in [0.2, 0.25) is 17.8 Å². The first-order valence-electron chi connectivity index (χ1n) is 13.6. The average Bonchev–Trinajstić information content (AvgIpc) is 3.73. The van der Waals surface area contributed by atoms with Crippen LogP contribution in [0.15, 0.2) is 91.1 Å². The third-order valence-corrected chi connectivity index (χ3v) is 8.27. The number of carbonyl (C=O) groups excluding carboxylic acids is 1. The Labute approximate surface area is 244 Å². The number of nitrogens with zero attached hydrogens (tertiary/aromatic N) is 5.